The average molecular weight is 221 g/mol. The lowest BCUT2D eigenvalue weighted by Crippen LogP contribution is -2.36. The van der Waals surface area contributed by atoms with E-state index in [1.54, 1.807) is 0 Å². The molecule has 0 spiro atoms. The van der Waals surface area contributed by atoms with Gasteiger partial charge >= 0.3 is 0 Å². The van der Waals surface area contributed by atoms with Gasteiger partial charge in [0, 0.05) is 6.42 Å². The highest BCUT2D eigenvalue weighted by Crippen LogP contribution is 2.24. The molecule has 2 rings (SSSR count). The second-order valence-electron chi connectivity index (χ2n) is 4.73. The Morgan fingerprint density at radius 1 is 1.50 bits per heavy atom. The number of imidazole rings is 1. The van der Waals surface area contributed by atoms with E-state index in [4.69, 9.17) is 5.73 Å². The molecule has 1 aromatic rings. The van der Waals surface area contributed by atoms with Crippen molar-refractivity contribution in [3.8, 4) is 0 Å². The maximum Gasteiger partial charge on any atom is 0.208 e. The maximum absolute atomic E-state index is 5.74. The van der Waals surface area contributed by atoms with E-state index in [1.165, 1.54) is 0 Å². The van der Waals surface area contributed by atoms with Crippen LogP contribution in [0.25, 0.3) is 0 Å². The molecule has 5 nitrogen and oxygen atoms in total. The number of aliphatic imine (C=N–C) groups is 1. The number of aryl methyl sites for hydroxylation is 1. The average Bonchev–Trinajstić information content (AvgIpc) is 2.41. The van der Waals surface area contributed by atoms with Crippen molar-refractivity contribution in [3.63, 3.8) is 0 Å². The molecule has 0 fully saturated rings. The summed E-state index contributed by atoms with van der Waals surface area (Å²) in [4.78, 5) is 8.89. The molecule has 1 aromatic heterocycles. The van der Waals surface area contributed by atoms with E-state index in [0.717, 1.165) is 23.6 Å². The topological polar surface area (TPSA) is 68.2 Å². The minimum absolute atomic E-state index is 0.0784. The second kappa shape index (κ2) is 3.81. The first-order chi connectivity index (χ1) is 7.49. The van der Waals surface area contributed by atoms with Gasteiger partial charge in [0.05, 0.1) is 17.4 Å². The van der Waals surface area contributed by atoms with Crippen LogP contribution in [0.4, 0.5) is 0 Å². The van der Waals surface area contributed by atoms with E-state index >= 15 is 0 Å². The Balaban J connectivity index is 2.43. The normalized spacial score (nSPS) is 19.3. The van der Waals surface area contributed by atoms with Crippen LogP contribution in [-0.4, -0.2) is 15.6 Å². The number of aromatic nitrogens is 2. The van der Waals surface area contributed by atoms with Crippen LogP contribution in [0.1, 0.15) is 44.0 Å². The number of nitrogens with one attached hydrogen (secondary N) is 1. The molecule has 0 aromatic carbocycles. The van der Waals surface area contributed by atoms with Gasteiger partial charge in [0.25, 0.3) is 0 Å². The number of hydrogen-bond acceptors (Lipinski definition) is 4. The van der Waals surface area contributed by atoms with E-state index in [2.05, 4.69) is 29.2 Å². The van der Waals surface area contributed by atoms with Crippen LogP contribution in [0.5, 0.6) is 0 Å². The van der Waals surface area contributed by atoms with Gasteiger partial charge in [-0.15, -0.1) is 0 Å². The molecule has 0 bridgehead atoms. The highest BCUT2D eigenvalue weighted by atomic mass is 15.5. The number of nitrogens with zero attached hydrogens (tertiary/aromatic N) is 3. The largest absolute Gasteiger partial charge is 0.369 e. The van der Waals surface area contributed by atoms with E-state index in [0.29, 0.717) is 11.9 Å². The number of rotatable bonds is 2. The quantitative estimate of drug-likeness (QED) is 0.791. The lowest BCUT2D eigenvalue weighted by molar-refractivity contribution is 0.592. The Hall–Kier alpha value is -1.52. The zero-order valence-electron chi connectivity index (χ0n) is 10.3. The summed E-state index contributed by atoms with van der Waals surface area (Å²) in [5.74, 6) is 2.07. The van der Waals surface area contributed by atoms with Crippen LogP contribution in [0.15, 0.2) is 4.99 Å². The molecule has 0 amide bonds. The molecule has 3 N–H and O–H groups in total. The van der Waals surface area contributed by atoms with Crippen LogP contribution < -0.4 is 11.2 Å². The molecule has 88 valence electrons. The summed E-state index contributed by atoms with van der Waals surface area (Å²) in [5, 5.41) is 0. The zero-order chi connectivity index (χ0) is 11.9. The SMILES string of the molecule is Cc1nc(CC(C)C)n2c1C(C)N=C(N)N2. The summed E-state index contributed by atoms with van der Waals surface area (Å²) in [6.45, 7) is 8.42. The Labute approximate surface area is 95.7 Å². The molecule has 0 saturated heterocycles. The molecule has 1 atom stereocenters. The number of nitrogens with two attached hydrogens (primary N) is 1. The Morgan fingerprint density at radius 2 is 2.19 bits per heavy atom. The summed E-state index contributed by atoms with van der Waals surface area (Å²) in [6.07, 6.45) is 0.938. The third-order valence-corrected chi connectivity index (χ3v) is 2.71. The monoisotopic (exact) mass is 221 g/mol. The van der Waals surface area contributed by atoms with Gasteiger partial charge in [-0.2, -0.15) is 0 Å². The van der Waals surface area contributed by atoms with Crippen molar-refractivity contribution >= 4 is 5.96 Å². The summed E-state index contributed by atoms with van der Waals surface area (Å²) >= 11 is 0. The summed E-state index contributed by atoms with van der Waals surface area (Å²) in [6, 6.07) is 0.0784. The van der Waals surface area contributed by atoms with Gasteiger partial charge in [-0.1, -0.05) is 13.8 Å². The molecule has 0 saturated carbocycles. The number of fused-ring (bicyclic) bond motifs is 1. The van der Waals surface area contributed by atoms with E-state index in [9.17, 15) is 0 Å². The van der Waals surface area contributed by atoms with Gasteiger partial charge in [-0.05, 0) is 19.8 Å². The summed E-state index contributed by atoms with van der Waals surface area (Å²) < 4.78 is 1.99. The highest BCUT2D eigenvalue weighted by Gasteiger charge is 2.23. The fourth-order valence-corrected chi connectivity index (χ4v) is 2.13. The fraction of sp³-hybridized carbons (Fsp3) is 0.636. The molecular weight excluding hydrogens is 202 g/mol. The van der Waals surface area contributed by atoms with Crippen molar-refractivity contribution in [2.75, 3.05) is 5.43 Å². The second-order valence-corrected chi connectivity index (χ2v) is 4.73. The Bertz CT molecular complexity index is 430. The lowest BCUT2D eigenvalue weighted by Gasteiger charge is -2.22. The van der Waals surface area contributed by atoms with Crippen molar-refractivity contribution < 1.29 is 0 Å². The Kier molecular flexibility index (Phi) is 2.61. The molecular formula is C11H19N5. The van der Waals surface area contributed by atoms with Gasteiger partial charge < -0.3 is 5.73 Å². The number of hydrogen-bond donors (Lipinski definition) is 2. The van der Waals surface area contributed by atoms with Crippen molar-refractivity contribution in [3.05, 3.63) is 17.2 Å². The first-order valence-corrected chi connectivity index (χ1v) is 5.67. The van der Waals surface area contributed by atoms with Crippen LogP contribution >= 0.6 is 0 Å². The van der Waals surface area contributed by atoms with Crippen molar-refractivity contribution in [1.29, 1.82) is 0 Å². The summed E-state index contributed by atoms with van der Waals surface area (Å²) in [5.41, 5.74) is 11.0. The Morgan fingerprint density at radius 3 is 2.81 bits per heavy atom. The van der Waals surface area contributed by atoms with Crippen LogP contribution in [0, 0.1) is 12.8 Å². The molecule has 0 radical (unpaired) electrons. The van der Waals surface area contributed by atoms with Crippen LogP contribution in [0.2, 0.25) is 0 Å². The standard InChI is InChI=1S/C11H19N5/c1-6(2)5-9-13-7(3)10-8(4)14-11(12)15-16(9)10/h6,8H,5H2,1-4H3,(H3,12,14,15). The van der Waals surface area contributed by atoms with E-state index < -0.39 is 0 Å². The first kappa shape index (κ1) is 11.0. The first-order valence-electron chi connectivity index (χ1n) is 5.67. The van der Waals surface area contributed by atoms with Crippen molar-refractivity contribution in [2.45, 2.75) is 40.2 Å². The third kappa shape index (κ3) is 1.77. The fourth-order valence-electron chi connectivity index (χ4n) is 2.13. The zero-order valence-corrected chi connectivity index (χ0v) is 10.3. The van der Waals surface area contributed by atoms with Crippen molar-refractivity contribution in [1.82, 2.24) is 9.66 Å². The molecule has 5 heteroatoms. The van der Waals surface area contributed by atoms with Gasteiger partial charge in [0.15, 0.2) is 0 Å². The summed E-state index contributed by atoms with van der Waals surface area (Å²) in [7, 11) is 0. The van der Waals surface area contributed by atoms with Crippen LogP contribution in [-0.2, 0) is 6.42 Å². The predicted octanol–water partition coefficient (Wildman–Crippen LogP) is 1.32. The smallest absolute Gasteiger partial charge is 0.208 e. The maximum atomic E-state index is 5.74. The number of guanidine groups is 1. The molecule has 1 aliphatic rings. The molecule has 1 aliphatic heterocycles. The van der Waals surface area contributed by atoms with Gasteiger partial charge in [0.1, 0.15) is 5.82 Å². The highest BCUT2D eigenvalue weighted by molar-refractivity contribution is 5.86. The minimum Gasteiger partial charge on any atom is -0.369 e. The van der Waals surface area contributed by atoms with Crippen molar-refractivity contribution in [2.24, 2.45) is 16.6 Å². The molecule has 16 heavy (non-hydrogen) atoms. The van der Waals surface area contributed by atoms with E-state index in [-0.39, 0.29) is 6.04 Å². The van der Waals surface area contributed by atoms with Gasteiger partial charge in [-0.3, -0.25) is 5.43 Å². The molecule has 0 aliphatic carbocycles. The third-order valence-electron chi connectivity index (χ3n) is 2.71. The van der Waals surface area contributed by atoms with Crippen LogP contribution in [0.3, 0.4) is 0 Å². The lowest BCUT2D eigenvalue weighted by atomic mass is 10.1. The van der Waals surface area contributed by atoms with E-state index in [1.807, 2.05) is 18.5 Å². The molecule has 1 unspecified atom stereocenters. The van der Waals surface area contributed by atoms with Gasteiger partial charge in [0.2, 0.25) is 5.96 Å². The van der Waals surface area contributed by atoms with Gasteiger partial charge in [-0.25, -0.2) is 14.7 Å². The molecule has 2 heterocycles. The minimum atomic E-state index is 0.0784. The predicted molar refractivity (Wildman–Crippen MR) is 64.9 cm³/mol.